The molecule has 1 aliphatic heterocycles. The molecule has 0 aromatic heterocycles. The number of likely N-dealkylation sites (tertiary alicyclic amines) is 1. The lowest BCUT2D eigenvalue weighted by atomic mass is 9.98. The van der Waals surface area contributed by atoms with Crippen molar-refractivity contribution >= 4 is 11.3 Å². The Labute approximate surface area is 124 Å². The van der Waals surface area contributed by atoms with Crippen LogP contribution in [0.2, 0.25) is 0 Å². The number of piperidine rings is 1. The number of nitriles is 3. The van der Waals surface area contributed by atoms with Gasteiger partial charge in [0.2, 0.25) is 0 Å². The van der Waals surface area contributed by atoms with E-state index in [1.165, 1.54) is 0 Å². The minimum Gasteiger partial charge on any atom is -0.363 e. The minimum absolute atomic E-state index is 0.0897. The van der Waals surface area contributed by atoms with Crippen molar-refractivity contribution in [2.24, 2.45) is 5.92 Å². The van der Waals surface area contributed by atoms with Crippen LogP contribution < -0.4 is 10.4 Å². The molecule has 0 N–H and O–H groups in total. The van der Waals surface area contributed by atoms with Gasteiger partial charge in [-0.25, -0.2) is 0 Å². The molecule has 0 aliphatic carbocycles. The Morgan fingerprint density at radius 1 is 0.952 bits per heavy atom. The van der Waals surface area contributed by atoms with Crippen LogP contribution in [0.25, 0.3) is 11.3 Å². The molecule has 4 nitrogen and oxygen atoms in total. The van der Waals surface area contributed by atoms with Crippen LogP contribution in [0.3, 0.4) is 0 Å². The van der Waals surface area contributed by atoms with Gasteiger partial charge in [-0.15, -0.1) is 0 Å². The van der Waals surface area contributed by atoms with Gasteiger partial charge in [0, 0.05) is 23.5 Å². The Balaban J connectivity index is 2.44. The Morgan fingerprint density at radius 3 is 1.95 bits per heavy atom. The molecule has 1 aromatic carbocycles. The zero-order valence-corrected chi connectivity index (χ0v) is 12.0. The van der Waals surface area contributed by atoms with Crippen molar-refractivity contribution < 1.29 is 0 Å². The van der Waals surface area contributed by atoms with Crippen LogP contribution in [0.1, 0.15) is 19.8 Å². The lowest BCUT2D eigenvalue weighted by Crippen LogP contribution is -2.34. The summed E-state index contributed by atoms with van der Waals surface area (Å²) >= 11 is 0. The highest BCUT2D eigenvalue weighted by atomic mass is 15.1. The summed E-state index contributed by atoms with van der Waals surface area (Å²) in [6, 6.07) is 13.1. The standard InChI is InChI=1S/C17H16N4/c1-13-6-8-21(9-7-13)17(12-20)15-4-2-14(3-5-15)16(10-18)11-19/h2-5,13H,6-9H2,1H3. The summed E-state index contributed by atoms with van der Waals surface area (Å²) in [5.41, 5.74) is 0.760. The van der Waals surface area contributed by atoms with E-state index in [-0.39, 0.29) is 5.57 Å². The number of rotatable bonds is 1. The topological polar surface area (TPSA) is 74.6 Å². The van der Waals surface area contributed by atoms with Gasteiger partial charge in [0.25, 0.3) is 0 Å². The van der Waals surface area contributed by atoms with Crippen molar-refractivity contribution in [3.05, 3.63) is 34.7 Å². The van der Waals surface area contributed by atoms with Crippen LogP contribution in [0.4, 0.5) is 0 Å². The maximum atomic E-state index is 9.43. The van der Waals surface area contributed by atoms with Crippen LogP contribution in [-0.2, 0) is 0 Å². The van der Waals surface area contributed by atoms with E-state index >= 15 is 0 Å². The van der Waals surface area contributed by atoms with E-state index in [4.69, 9.17) is 10.5 Å². The quantitative estimate of drug-likeness (QED) is 0.773. The molecular weight excluding hydrogens is 260 g/mol. The first kappa shape index (κ1) is 14.6. The van der Waals surface area contributed by atoms with Gasteiger partial charge in [0.15, 0.2) is 0 Å². The highest BCUT2D eigenvalue weighted by Gasteiger charge is 2.17. The Bertz CT molecular complexity index is 723. The Hall–Kier alpha value is -2.77. The summed E-state index contributed by atoms with van der Waals surface area (Å²) in [6.45, 7) is 4.04. The molecule has 0 unspecified atom stereocenters. The zero-order chi connectivity index (χ0) is 15.2. The Morgan fingerprint density at radius 2 is 1.48 bits per heavy atom. The van der Waals surface area contributed by atoms with Crippen molar-refractivity contribution in [1.29, 1.82) is 15.8 Å². The molecule has 4 heteroatoms. The maximum Gasteiger partial charge on any atom is 0.136 e. The normalized spacial score (nSPS) is 14.7. The predicted octanol–water partition coefficient (Wildman–Crippen LogP) is 1.25. The van der Waals surface area contributed by atoms with Gasteiger partial charge in [-0.05, 0) is 18.8 Å². The molecule has 1 fully saturated rings. The van der Waals surface area contributed by atoms with Gasteiger partial charge in [-0.2, -0.15) is 15.8 Å². The molecule has 2 rings (SSSR count). The van der Waals surface area contributed by atoms with Gasteiger partial charge in [-0.1, -0.05) is 31.2 Å². The molecule has 0 atom stereocenters. The fraction of sp³-hybridized carbons (Fsp3) is 0.353. The van der Waals surface area contributed by atoms with Crippen molar-refractivity contribution in [2.75, 3.05) is 13.1 Å². The number of hydrogen-bond donors (Lipinski definition) is 0. The fourth-order valence-electron chi connectivity index (χ4n) is 2.50. The Kier molecular flexibility index (Phi) is 4.60. The summed E-state index contributed by atoms with van der Waals surface area (Å²) in [4.78, 5) is 2.12. The molecule has 1 saturated heterocycles. The second-order valence-corrected chi connectivity index (χ2v) is 5.31. The molecule has 21 heavy (non-hydrogen) atoms. The SMILES string of the molecule is CC1CCN(C(C#N)=c2ccc(=C(C#N)C#N)cc2)CC1. The third-order valence-corrected chi connectivity index (χ3v) is 3.88. The van der Waals surface area contributed by atoms with Crippen LogP contribution in [0.15, 0.2) is 24.3 Å². The average molecular weight is 276 g/mol. The van der Waals surface area contributed by atoms with Crippen LogP contribution >= 0.6 is 0 Å². The van der Waals surface area contributed by atoms with Gasteiger partial charge >= 0.3 is 0 Å². The van der Waals surface area contributed by atoms with Crippen LogP contribution in [0, 0.1) is 39.9 Å². The first-order chi connectivity index (χ1) is 10.2. The van der Waals surface area contributed by atoms with E-state index in [0.717, 1.165) is 31.1 Å². The molecule has 0 radical (unpaired) electrons. The van der Waals surface area contributed by atoms with Crippen molar-refractivity contribution in [1.82, 2.24) is 4.90 Å². The monoisotopic (exact) mass is 276 g/mol. The van der Waals surface area contributed by atoms with Crippen molar-refractivity contribution in [3.8, 4) is 18.2 Å². The zero-order valence-electron chi connectivity index (χ0n) is 12.0. The van der Waals surface area contributed by atoms with E-state index in [1.807, 2.05) is 12.1 Å². The highest BCUT2D eigenvalue weighted by Crippen LogP contribution is 2.19. The summed E-state index contributed by atoms with van der Waals surface area (Å²) in [5, 5.41) is 28.6. The molecule has 1 aromatic rings. The molecule has 104 valence electrons. The van der Waals surface area contributed by atoms with Gasteiger partial charge in [0.05, 0.1) is 0 Å². The van der Waals surface area contributed by atoms with Crippen molar-refractivity contribution in [2.45, 2.75) is 19.8 Å². The number of hydrogen-bond acceptors (Lipinski definition) is 4. The van der Waals surface area contributed by atoms with Crippen molar-refractivity contribution in [3.63, 3.8) is 0 Å². The molecule has 0 saturated carbocycles. The maximum absolute atomic E-state index is 9.43. The summed E-state index contributed by atoms with van der Waals surface area (Å²) < 4.78 is 0. The molecule has 1 heterocycles. The van der Waals surface area contributed by atoms with E-state index < -0.39 is 0 Å². The van der Waals surface area contributed by atoms with E-state index in [9.17, 15) is 5.26 Å². The van der Waals surface area contributed by atoms with Gasteiger partial charge in [-0.3, -0.25) is 0 Å². The van der Waals surface area contributed by atoms with Crippen LogP contribution in [0.5, 0.6) is 0 Å². The lowest BCUT2D eigenvalue weighted by Gasteiger charge is -2.31. The largest absolute Gasteiger partial charge is 0.363 e. The van der Waals surface area contributed by atoms with E-state index in [1.54, 1.807) is 24.3 Å². The van der Waals surface area contributed by atoms with E-state index in [0.29, 0.717) is 16.8 Å². The third kappa shape index (κ3) is 3.22. The molecule has 1 aliphatic rings. The second kappa shape index (κ2) is 6.60. The fourth-order valence-corrected chi connectivity index (χ4v) is 2.50. The third-order valence-electron chi connectivity index (χ3n) is 3.88. The summed E-state index contributed by atoms with van der Waals surface area (Å²) in [6.07, 6.45) is 2.20. The molecule has 0 amide bonds. The smallest absolute Gasteiger partial charge is 0.136 e. The highest BCUT2D eigenvalue weighted by molar-refractivity contribution is 5.72. The first-order valence-electron chi connectivity index (χ1n) is 6.99. The van der Waals surface area contributed by atoms with Gasteiger partial charge < -0.3 is 4.90 Å². The lowest BCUT2D eigenvalue weighted by molar-refractivity contribution is 0.269. The first-order valence-corrected chi connectivity index (χ1v) is 6.99. The molecule has 0 bridgehead atoms. The van der Waals surface area contributed by atoms with Gasteiger partial charge in [0.1, 0.15) is 29.5 Å². The molecule has 0 spiro atoms. The predicted molar refractivity (Wildman–Crippen MR) is 79.3 cm³/mol. The summed E-state index contributed by atoms with van der Waals surface area (Å²) in [7, 11) is 0. The minimum atomic E-state index is 0.0897. The van der Waals surface area contributed by atoms with E-state index in [2.05, 4.69) is 17.9 Å². The summed E-state index contributed by atoms with van der Waals surface area (Å²) in [5.74, 6) is 0.715. The number of nitrogens with zero attached hydrogens (tertiary/aromatic N) is 4. The average Bonchev–Trinajstić information content (AvgIpc) is 2.52. The second-order valence-electron chi connectivity index (χ2n) is 5.31. The van der Waals surface area contributed by atoms with Crippen LogP contribution in [-0.4, -0.2) is 18.0 Å². The number of benzene rings is 1. The molecular formula is C17H16N4.